The maximum atomic E-state index is 8.95. The van der Waals surface area contributed by atoms with Crippen molar-refractivity contribution in [3.05, 3.63) is 88.0 Å². The number of anilines is 2. The summed E-state index contributed by atoms with van der Waals surface area (Å²) in [6.45, 7) is 13.3. The molecule has 165 valence electrons. The zero-order valence-corrected chi connectivity index (χ0v) is 21.1. The van der Waals surface area contributed by atoms with Gasteiger partial charge < -0.3 is 9.64 Å². The van der Waals surface area contributed by atoms with Crippen LogP contribution in [0.2, 0.25) is 0 Å². The van der Waals surface area contributed by atoms with E-state index in [2.05, 4.69) is 75.6 Å². The van der Waals surface area contributed by atoms with Crippen molar-refractivity contribution in [2.75, 3.05) is 16.3 Å². The van der Waals surface area contributed by atoms with Gasteiger partial charge in [-0.25, -0.2) is 0 Å². The number of aryl methyl sites for hydroxylation is 6. The van der Waals surface area contributed by atoms with Crippen LogP contribution in [0.15, 0.2) is 54.6 Å². The molecule has 1 fully saturated rings. The first-order valence-corrected chi connectivity index (χ1v) is 10.8. The zero-order valence-electron chi connectivity index (χ0n) is 19.7. The van der Waals surface area contributed by atoms with Gasteiger partial charge in [0, 0.05) is 24.2 Å². The van der Waals surface area contributed by atoms with E-state index >= 15 is 0 Å². The Bertz CT molecular complexity index is 1100. The van der Waals surface area contributed by atoms with E-state index in [0.29, 0.717) is 12.4 Å². The molecule has 0 aromatic heterocycles. The third kappa shape index (κ3) is 4.43. The summed E-state index contributed by atoms with van der Waals surface area (Å²) in [4.78, 5) is 4.27. The van der Waals surface area contributed by atoms with Gasteiger partial charge in [0.25, 0.3) is 6.35 Å². The molecule has 3 aromatic carbocycles. The Morgan fingerprint density at radius 3 is 1.72 bits per heavy atom. The van der Waals surface area contributed by atoms with E-state index in [4.69, 9.17) is 10.1 Å². The number of amidine groups is 1. The standard InChI is InChI=1S/C27H31N3O.V/c1-17-12-19(3)25(20(4)13-17)29-16-24(28)30(26-21(5)14-18(2)15-22(26)6)27(29)31-23-10-8-7-9-11-23;/h7-15,27-28H,16H2,1-6H3;. The molecule has 4 nitrogen and oxygen atoms in total. The molecule has 0 spiro atoms. The van der Waals surface area contributed by atoms with Crippen molar-refractivity contribution in [1.82, 2.24) is 0 Å². The molecule has 1 N–H and O–H groups in total. The average Bonchev–Trinajstić information content (AvgIpc) is 2.97. The van der Waals surface area contributed by atoms with E-state index in [1.54, 1.807) is 0 Å². The summed E-state index contributed by atoms with van der Waals surface area (Å²) < 4.78 is 6.57. The first kappa shape index (κ1) is 24.0. The van der Waals surface area contributed by atoms with Crippen LogP contribution in [0, 0.1) is 47.0 Å². The van der Waals surface area contributed by atoms with Crippen molar-refractivity contribution in [2.24, 2.45) is 0 Å². The SMILES string of the molecule is Cc1cc(C)c(N2CC(=N)N(c3c(C)cc(C)cc3C)C2Oc2ccccc2)c(C)c1.[V]. The molecule has 0 bridgehead atoms. The molecule has 1 saturated heterocycles. The fourth-order valence-corrected chi connectivity index (χ4v) is 4.94. The number of para-hydroxylation sites is 1. The van der Waals surface area contributed by atoms with Crippen LogP contribution in [-0.4, -0.2) is 18.7 Å². The normalized spacial score (nSPS) is 15.7. The number of benzene rings is 3. The quantitative estimate of drug-likeness (QED) is 0.500. The van der Waals surface area contributed by atoms with E-state index < -0.39 is 6.35 Å². The van der Waals surface area contributed by atoms with Crippen molar-refractivity contribution < 1.29 is 23.3 Å². The summed E-state index contributed by atoms with van der Waals surface area (Å²) in [5.74, 6) is 1.33. The van der Waals surface area contributed by atoms with E-state index in [9.17, 15) is 0 Å². The number of hydrogen-bond donors (Lipinski definition) is 1. The van der Waals surface area contributed by atoms with Crippen LogP contribution in [0.1, 0.15) is 33.4 Å². The second-order valence-corrected chi connectivity index (χ2v) is 8.70. The first-order valence-electron chi connectivity index (χ1n) is 10.8. The smallest absolute Gasteiger partial charge is 0.259 e. The number of hydrogen-bond acceptors (Lipinski definition) is 3. The van der Waals surface area contributed by atoms with Gasteiger partial charge in [-0.15, -0.1) is 0 Å². The van der Waals surface area contributed by atoms with Crippen LogP contribution < -0.4 is 14.5 Å². The second-order valence-electron chi connectivity index (χ2n) is 8.70. The number of nitrogens with zero attached hydrogens (tertiary/aromatic N) is 2. The molecule has 5 heteroatoms. The fourth-order valence-electron chi connectivity index (χ4n) is 4.94. The van der Waals surface area contributed by atoms with Gasteiger partial charge in [-0.3, -0.25) is 10.3 Å². The van der Waals surface area contributed by atoms with Crippen LogP contribution in [0.3, 0.4) is 0 Å². The van der Waals surface area contributed by atoms with Crippen molar-refractivity contribution >= 4 is 17.2 Å². The molecular formula is C27H31N3OV. The van der Waals surface area contributed by atoms with Crippen molar-refractivity contribution in [3.63, 3.8) is 0 Å². The number of ether oxygens (including phenoxy) is 1. The van der Waals surface area contributed by atoms with Crippen molar-refractivity contribution in [1.29, 1.82) is 5.41 Å². The number of nitrogens with one attached hydrogen (secondary N) is 1. The van der Waals surface area contributed by atoms with Crippen LogP contribution in [0.4, 0.5) is 11.4 Å². The van der Waals surface area contributed by atoms with Gasteiger partial charge >= 0.3 is 0 Å². The van der Waals surface area contributed by atoms with Gasteiger partial charge in [0.1, 0.15) is 11.6 Å². The Hall–Kier alpha value is -2.69. The summed E-state index contributed by atoms with van der Waals surface area (Å²) in [6, 6.07) is 18.7. The summed E-state index contributed by atoms with van der Waals surface area (Å²) >= 11 is 0. The molecule has 4 rings (SSSR count). The molecule has 1 atom stereocenters. The fraction of sp³-hybridized carbons (Fsp3) is 0.296. The minimum absolute atomic E-state index is 0. The Labute approximate surface area is 203 Å². The molecule has 1 aliphatic heterocycles. The third-order valence-electron chi connectivity index (χ3n) is 5.88. The van der Waals surface area contributed by atoms with Crippen molar-refractivity contribution in [2.45, 2.75) is 47.9 Å². The van der Waals surface area contributed by atoms with Crippen molar-refractivity contribution in [3.8, 4) is 5.75 Å². The third-order valence-corrected chi connectivity index (χ3v) is 5.88. The molecule has 0 amide bonds. The monoisotopic (exact) mass is 464 g/mol. The van der Waals surface area contributed by atoms with Crippen LogP contribution in [-0.2, 0) is 18.6 Å². The molecule has 1 unspecified atom stereocenters. The van der Waals surface area contributed by atoms with Gasteiger partial charge in [-0.2, -0.15) is 0 Å². The molecular weight excluding hydrogens is 433 g/mol. The second kappa shape index (κ2) is 9.44. The Morgan fingerprint density at radius 1 is 0.750 bits per heavy atom. The van der Waals surface area contributed by atoms with E-state index in [0.717, 1.165) is 28.3 Å². The van der Waals surface area contributed by atoms with Gasteiger partial charge in [0.2, 0.25) is 0 Å². The first-order chi connectivity index (χ1) is 14.8. The van der Waals surface area contributed by atoms with Gasteiger partial charge in [-0.05, 0) is 75.9 Å². The largest absolute Gasteiger partial charge is 0.452 e. The Balaban J connectivity index is 0.00000289. The van der Waals surface area contributed by atoms with E-state index in [1.165, 1.54) is 22.3 Å². The summed E-state index contributed by atoms with van der Waals surface area (Å²) in [5.41, 5.74) is 9.38. The Morgan fingerprint density at radius 2 is 1.22 bits per heavy atom. The Kier molecular flexibility index (Phi) is 7.07. The van der Waals surface area contributed by atoms with Gasteiger partial charge in [-0.1, -0.05) is 53.6 Å². The summed E-state index contributed by atoms with van der Waals surface area (Å²) in [7, 11) is 0. The molecule has 0 aliphatic carbocycles. The van der Waals surface area contributed by atoms with E-state index in [1.807, 2.05) is 30.3 Å². The predicted molar refractivity (Wildman–Crippen MR) is 130 cm³/mol. The summed E-state index contributed by atoms with van der Waals surface area (Å²) in [6.07, 6.45) is -0.435. The molecule has 32 heavy (non-hydrogen) atoms. The molecule has 1 heterocycles. The van der Waals surface area contributed by atoms with Crippen LogP contribution >= 0.6 is 0 Å². The van der Waals surface area contributed by atoms with Gasteiger partial charge in [0.15, 0.2) is 0 Å². The molecule has 3 aromatic rings. The molecule has 1 radical (unpaired) electrons. The topological polar surface area (TPSA) is 39.6 Å². The zero-order chi connectivity index (χ0) is 22.3. The molecule has 0 saturated carbocycles. The van der Waals surface area contributed by atoms with E-state index in [-0.39, 0.29) is 18.6 Å². The summed E-state index contributed by atoms with van der Waals surface area (Å²) in [5, 5.41) is 8.95. The van der Waals surface area contributed by atoms with Gasteiger partial charge in [0.05, 0.1) is 12.2 Å². The maximum Gasteiger partial charge on any atom is 0.259 e. The van der Waals surface area contributed by atoms with Crippen LogP contribution in [0.5, 0.6) is 5.75 Å². The minimum Gasteiger partial charge on any atom is -0.452 e. The average molecular weight is 465 g/mol. The van der Waals surface area contributed by atoms with Crippen LogP contribution in [0.25, 0.3) is 0 Å². The predicted octanol–water partition coefficient (Wildman–Crippen LogP) is 6.20. The minimum atomic E-state index is -0.435. The molecule has 1 aliphatic rings. The maximum absolute atomic E-state index is 8.95. The number of rotatable bonds is 4.